The normalized spacial score (nSPS) is 9.95. The predicted molar refractivity (Wildman–Crippen MR) is 71.1 cm³/mol. The van der Waals surface area contributed by atoms with Crippen LogP contribution < -0.4 is 5.32 Å². The minimum atomic E-state index is -1.12. The standard InChI is InChI=1S/C12H8BrN3O3/c13-10-3-1-2-8(16-10)11(17)15-7-4-5-9(12(18)19)14-6-7/h1-6H,(H,15,17)(H,18,19). The molecule has 0 saturated carbocycles. The number of nitrogens with zero attached hydrogens (tertiary/aromatic N) is 2. The van der Waals surface area contributed by atoms with E-state index in [9.17, 15) is 9.59 Å². The van der Waals surface area contributed by atoms with Crippen molar-refractivity contribution in [2.75, 3.05) is 5.32 Å². The maximum absolute atomic E-state index is 11.8. The molecule has 7 heteroatoms. The average molecular weight is 322 g/mol. The van der Waals surface area contributed by atoms with Crippen molar-refractivity contribution in [1.82, 2.24) is 9.97 Å². The molecule has 2 rings (SSSR count). The van der Waals surface area contributed by atoms with E-state index >= 15 is 0 Å². The highest BCUT2D eigenvalue weighted by Gasteiger charge is 2.09. The predicted octanol–water partition coefficient (Wildman–Crippen LogP) is 2.19. The molecule has 2 heterocycles. The van der Waals surface area contributed by atoms with Crippen molar-refractivity contribution in [1.29, 1.82) is 0 Å². The summed E-state index contributed by atoms with van der Waals surface area (Å²) in [5.41, 5.74) is 0.562. The van der Waals surface area contributed by atoms with E-state index in [0.29, 0.717) is 10.3 Å². The zero-order valence-electron chi connectivity index (χ0n) is 9.50. The molecule has 0 radical (unpaired) electrons. The summed E-state index contributed by atoms with van der Waals surface area (Å²) in [6, 6.07) is 7.75. The van der Waals surface area contributed by atoms with Crippen LogP contribution in [-0.4, -0.2) is 27.0 Å². The van der Waals surface area contributed by atoms with Crippen LogP contribution in [0.25, 0.3) is 0 Å². The van der Waals surface area contributed by atoms with E-state index < -0.39 is 11.9 Å². The average Bonchev–Trinajstić information content (AvgIpc) is 2.39. The summed E-state index contributed by atoms with van der Waals surface area (Å²) in [6.07, 6.45) is 1.28. The van der Waals surface area contributed by atoms with Gasteiger partial charge in [-0.05, 0) is 40.2 Å². The SMILES string of the molecule is O=C(O)c1ccc(NC(=O)c2cccc(Br)n2)cn1. The van der Waals surface area contributed by atoms with Crippen molar-refractivity contribution in [3.05, 3.63) is 52.5 Å². The number of hydrogen-bond donors (Lipinski definition) is 2. The number of aromatic nitrogens is 2. The van der Waals surface area contributed by atoms with Gasteiger partial charge in [-0.3, -0.25) is 4.79 Å². The van der Waals surface area contributed by atoms with Gasteiger partial charge in [0.05, 0.1) is 11.9 Å². The lowest BCUT2D eigenvalue weighted by Crippen LogP contribution is -2.14. The third kappa shape index (κ3) is 3.35. The molecule has 96 valence electrons. The van der Waals surface area contributed by atoms with Gasteiger partial charge in [-0.1, -0.05) is 6.07 Å². The minimum Gasteiger partial charge on any atom is -0.477 e. The zero-order valence-corrected chi connectivity index (χ0v) is 11.1. The number of aromatic carboxylic acids is 1. The summed E-state index contributed by atoms with van der Waals surface area (Å²) in [7, 11) is 0. The van der Waals surface area contributed by atoms with Gasteiger partial charge in [0.15, 0.2) is 0 Å². The number of pyridine rings is 2. The Morgan fingerprint density at radius 3 is 2.53 bits per heavy atom. The number of carbonyl (C=O) groups is 2. The summed E-state index contributed by atoms with van der Waals surface area (Å²) < 4.78 is 0.555. The van der Waals surface area contributed by atoms with Gasteiger partial charge in [0, 0.05) is 0 Å². The van der Waals surface area contributed by atoms with Crippen molar-refractivity contribution in [2.24, 2.45) is 0 Å². The lowest BCUT2D eigenvalue weighted by Gasteiger charge is -2.04. The number of rotatable bonds is 3. The molecule has 0 fully saturated rings. The second-order valence-corrected chi connectivity index (χ2v) is 4.35. The Balaban J connectivity index is 2.13. The number of carbonyl (C=O) groups excluding carboxylic acids is 1. The van der Waals surface area contributed by atoms with Crippen LogP contribution in [-0.2, 0) is 0 Å². The molecule has 0 aromatic carbocycles. The van der Waals surface area contributed by atoms with E-state index in [-0.39, 0.29) is 11.4 Å². The van der Waals surface area contributed by atoms with E-state index in [1.54, 1.807) is 18.2 Å². The molecule has 0 aliphatic heterocycles. The smallest absolute Gasteiger partial charge is 0.354 e. The summed E-state index contributed by atoms with van der Waals surface area (Å²) >= 11 is 3.17. The Hall–Kier alpha value is -2.28. The van der Waals surface area contributed by atoms with Crippen molar-refractivity contribution in [2.45, 2.75) is 0 Å². The first-order chi connectivity index (χ1) is 9.06. The van der Waals surface area contributed by atoms with Crippen LogP contribution in [0.1, 0.15) is 21.0 Å². The Kier molecular flexibility index (Phi) is 3.86. The van der Waals surface area contributed by atoms with E-state index in [2.05, 4.69) is 31.2 Å². The maximum Gasteiger partial charge on any atom is 0.354 e. The van der Waals surface area contributed by atoms with Gasteiger partial charge in [-0.25, -0.2) is 14.8 Å². The van der Waals surface area contributed by atoms with Gasteiger partial charge < -0.3 is 10.4 Å². The highest BCUT2D eigenvalue weighted by Crippen LogP contribution is 2.10. The molecule has 0 unspecified atom stereocenters. The second-order valence-electron chi connectivity index (χ2n) is 3.54. The molecule has 6 nitrogen and oxygen atoms in total. The molecule has 2 N–H and O–H groups in total. The molecular formula is C12H8BrN3O3. The van der Waals surface area contributed by atoms with Crippen LogP contribution in [0.15, 0.2) is 41.1 Å². The van der Waals surface area contributed by atoms with Crippen molar-refractivity contribution >= 4 is 33.5 Å². The fourth-order valence-electron chi connectivity index (χ4n) is 1.32. The fraction of sp³-hybridized carbons (Fsp3) is 0. The van der Waals surface area contributed by atoms with Crippen LogP contribution in [0.3, 0.4) is 0 Å². The molecule has 0 bridgehead atoms. The molecule has 0 aliphatic rings. The largest absolute Gasteiger partial charge is 0.477 e. The molecule has 2 aromatic rings. The topological polar surface area (TPSA) is 92.2 Å². The van der Waals surface area contributed by atoms with E-state index in [1.165, 1.54) is 18.3 Å². The Labute approximate surface area is 116 Å². The Morgan fingerprint density at radius 1 is 1.16 bits per heavy atom. The number of anilines is 1. The number of halogens is 1. The first-order valence-electron chi connectivity index (χ1n) is 5.19. The zero-order chi connectivity index (χ0) is 13.8. The van der Waals surface area contributed by atoms with Crippen molar-refractivity contribution in [3.63, 3.8) is 0 Å². The van der Waals surface area contributed by atoms with Crippen molar-refractivity contribution in [3.8, 4) is 0 Å². The molecule has 2 aromatic heterocycles. The quantitative estimate of drug-likeness (QED) is 0.845. The lowest BCUT2D eigenvalue weighted by atomic mass is 10.3. The monoisotopic (exact) mass is 321 g/mol. The van der Waals surface area contributed by atoms with Gasteiger partial charge >= 0.3 is 5.97 Å². The summed E-state index contributed by atoms with van der Waals surface area (Å²) in [4.78, 5) is 30.2. The molecule has 1 amide bonds. The fourth-order valence-corrected chi connectivity index (χ4v) is 1.67. The highest BCUT2D eigenvalue weighted by atomic mass is 79.9. The molecule has 19 heavy (non-hydrogen) atoms. The minimum absolute atomic E-state index is 0.0846. The van der Waals surface area contributed by atoms with Gasteiger partial charge in [0.2, 0.25) is 0 Å². The van der Waals surface area contributed by atoms with Crippen LogP contribution >= 0.6 is 15.9 Å². The molecular weight excluding hydrogens is 314 g/mol. The Morgan fingerprint density at radius 2 is 1.95 bits per heavy atom. The van der Waals surface area contributed by atoms with E-state index in [1.807, 2.05) is 0 Å². The molecule has 0 spiro atoms. The first kappa shape index (κ1) is 13.2. The van der Waals surface area contributed by atoms with E-state index in [0.717, 1.165) is 0 Å². The van der Waals surface area contributed by atoms with E-state index in [4.69, 9.17) is 5.11 Å². The number of nitrogens with one attached hydrogen (secondary N) is 1. The molecule has 0 atom stereocenters. The highest BCUT2D eigenvalue weighted by molar-refractivity contribution is 9.10. The number of carboxylic acid groups (broad SMARTS) is 1. The van der Waals surface area contributed by atoms with Gasteiger partial charge in [0.1, 0.15) is 16.0 Å². The van der Waals surface area contributed by atoms with Crippen LogP contribution in [0.5, 0.6) is 0 Å². The van der Waals surface area contributed by atoms with Crippen molar-refractivity contribution < 1.29 is 14.7 Å². The summed E-state index contributed by atoms with van der Waals surface area (Å²) in [5, 5.41) is 11.3. The third-order valence-corrected chi connectivity index (χ3v) is 2.63. The second kappa shape index (κ2) is 5.57. The van der Waals surface area contributed by atoms with Crippen LogP contribution in [0, 0.1) is 0 Å². The molecule has 0 aliphatic carbocycles. The maximum atomic E-state index is 11.8. The number of hydrogen-bond acceptors (Lipinski definition) is 4. The lowest BCUT2D eigenvalue weighted by molar-refractivity contribution is 0.0690. The summed E-state index contributed by atoms with van der Waals surface area (Å²) in [5.74, 6) is -1.52. The number of amides is 1. The van der Waals surface area contributed by atoms with Gasteiger partial charge in [0.25, 0.3) is 5.91 Å². The van der Waals surface area contributed by atoms with Gasteiger partial charge in [-0.2, -0.15) is 0 Å². The van der Waals surface area contributed by atoms with Crippen LogP contribution in [0.4, 0.5) is 5.69 Å². The molecule has 0 saturated heterocycles. The Bertz CT molecular complexity index is 628. The first-order valence-corrected chi connectivity index (χ1v) is 5.99. The number of carboxylic acids is 1. The summed E-state index contributed by atoms with van der Waals surface area (Å²) in [6.45, 7) is 0. The van der Waals surface area contributed by atoms with Gasteiger partial charge in [-0.15, -0.1) is 0 Å². The van der Waals surface area contributed by atoms with Crippen LogP contribution in [0.2, 0.25) is 0 Å². The third-order valence-electron chi connectivity index (χ3n) is 2.19.